The van der Waals surface area contributed by atoms with E-state index in [2.05, 4.69) is 0 Å². The second kappa shape index (κ2) is 3.57. The Hall–Kier alpha value is -0.410. The Morgan fingerprint density at radius 3 is 2.38 bits per heavy atom. The number of aliphatic hydroxyl groups is 2. The highest BCUT2D eigenvalue weighted by molar-refractivity contribution is 5.55. The topological polar surface area (TPSA) is 57.5 Å². The molecule has 2 atom stereocenters. The molecule has 0 aromatic carbocycles. The first kappa shape index (κ1) is 7.59. The van der Waals surface area contributed by atoms with Crippen molar-refractivity contribution in [3.05, 3.63) is 0 Å². The summed E-state index contributed by atoms with van der Waals surface area (Å²) in [5.74, 6) is -0.340. The van der Waals surface area contributed by atoms with Crippen molar-refractivity contribution in [2.45, 2.75) is 13.0 Å². The standard InChI is InChI=1S/C5H10O3/c1-4(2-6)5(8)3-7/h3-6,8H,2H2,1H3. The van der Waals surface area contributed by atoms with Crippen LogP contribution in [0.1, 0.15) is 6.92 Å². The Morgan fingerprint density at radius 2 is 2.25 bits per heavy atom. The van der Waals surface area contributed by atoms with E-state index in [1.54, 1.807) is 6.92 Å². The average Bonchev–Trinajstić information content (AvgIpc) is 1.84. The fourth-order valence-corrected chi connectivity index (χ4v) is 0.242. The number of aliphatic hydroxyl groups excluding tert-OH is 2. The first-order valence-corrected chi connectivity index (χ1v) is 2.46. The number of aldehydes is 1. The van der Waals surface area contributed by atoms with Gasteiger partial charge in [0.05, 0.1) is 0 Å². The van der Waals surface area contributed by atoms with Crippen LogP contribution in [0.25, 0.3) is 0 Å². The molecule has 0 rings (SSSR count). The van der Waals surface area contributed by atoms with E-state index in [-0.39, 0.29) is 12.5 Å². The van der Waals surface area contributed by atoms with Crippen molar-refractivity contribution < 1.29 is 15.0 Å². The zero-order chi connectivity index (χ0) is 6.57. The lowest BCUT2D eigenvalue weighted by atomic mass is 10.1. The van der Waals surface area contributed by atoms with Crippen LogP contribution in [0.5, 0.6) is 0 Å². The van der Waals surface area contributed by atoms with E-state index < -0.39 is 6.10 Å². The highest BCUT2D eigenvalue weighted by Crippen LogP contribution is 1.96. The maximum atomic E-state index is 9.74. The van der Waals surface area contributed by atoms with E-state index in [0.717, 1.165) is 0 Å². The summed E-state index contributed by atoms with van der Waals surface area (Å²) in [6, 6.07) is 0. The van der Waals surface area contributed by atoms with Gasteiger partial charge in [0.15, 0.2) is 0 Å². The predicted molar refractivity (Wildman–Crippen MR) is 28.3 cm³/mol. The van der Waals surface area contributed by atoms with Gasteiger partial charge in [-0.2, -0.15) is 0 Å². The summed E-state index contributed by atoms with van der Waals surface area (Å²) in [7, 11) is 0. The van der Waals surface area contributed by atoms with Crippen molar-refractivity contribution in [3.8, 4) is 0 Å². The third-order valence-corrected chi connectivity index (χ3v) is 1.01. The van der Waals surface area contributed by atoms with Crippen LogP contribution >= 0.6 is 0 Å². The van der Waals surface area contributed by atoms with Crippen LogP contribution in [0.4, 0.5) is 0 Å². The minimum absolute atomic E-state index is 0.153. The van der Waals surface area contributed by atoms with Crippen molar-refractivity contribution in [2.75, 3.05) is 6.61 Å². The van der Waals surface area contributed by atoms with E-state index in [0.29, 0.717) is 6.29 Å². The summed E-state index contributed by atoms with van der Waals surface area (Å²) in [5.41, 5.74) is 0. The van der Waals surface area contributed by atoms with Gasteiger partial charge in [-0.1, -0.05) is 6.92 Å². The average molecular weight is 118 g/mol. The van der Waals surface area contributed by atoms with E-state index in [9.17, 15) is 4.79 Å². The number of hydrogen-bond donors (Lipinski definition) is 2. The summed E-state index contributed by atoms with van der Waals surface area (Å²) < 4.78 is 0. The minimum Gasteiger partial charge on any atom is -0.396 e. The molecule has 0 fully saturated rings. The number of carbonyl (C=O) groups is 1. The molecule has 0 saturated heterocycles. The largest absolute Gasteiger partial charge is 0.396 e. The second-order valence-corrected chi connectivity index (χ2v) is 1.79. The van der Waals surface area contributed by atoms with Gasteiger partial charge >= 0.3 is 0 Å². The van der Waals surface area contributed by atoms with Crippen molar-refractivity contribution in [3.63, 3.8) is 0 Å². The molecule has 0 aromatic rings. The Kier molecular flexibility index (Phi) is 3.39. The number of carbonyl (C=O) groups excluding carboxylic acids is 1. The molecule has 0 aromatic heterocycles. The Bertz CT molecular complexity index is 72.1. The second-order valence-electron chi connectivity index (χ2n) is 1.79. The molecule has 3 nitrogen and oxygen atoms in total. The molecule has 0 aliphatic carbocycles. The number of rotatable bonds is 3. The van der Waals surface area contributed by atoms with Gasteiger partial charge in [-0.25, -0.2) is 0 Å². The lowest BCUT2D eigenvalue weighted by Gasteiger charge is -2.07. The Labute approximate surface area is 47.9 Å². The summed E-state index contributed by atoms with van der Waals surface area (Å²) in [6.45, 7) is 1.44. The zero-order valence-electron chi connectivity index (χ0n) is 4.74. The fourth-order valence-electron chi connectivity index (χ4n) is 0.242. The first-order valence-electron chi connectivity index (χ1n) is 2.46. The van der Waals surface area contributed by atoms with Gasteiger partial charge in [0.1, 0.15) is 12.4 Å². The maximum Gasteiger partial charge on any atom is 0.148 e. The van der Waals surface area contributed by atoms with Crippen molar-refractivity contribution >= 4 is 6.29 Å². The zero-order valence-corrected chi connectivity index (χ0v) is 4.74. The van der Waals surface area contributed by atoms with Gasteiger partial charge < -0.3 is 15.0 Å². The first-order chi connectivity index (χ1) is 3.72. The molecule has 3 heteroatoms. The molecule has 0 bridgehead atoms. The van der Waals surface area contributed by atoms with Crippen LogP contribution in [0.2, 0.25) is 0 Å². The van der Waals surface area contributed by atoms with Crippen molar-refractivity contribution in [1.82, 2.24) is 0 Å². The van der Waals surface area contributed by atoms with Crippen LogP contribution in [-0.2, 0) is 4.79 Å². The molecule has 8 heavy (non-hydrogen) atoms. The monoisotopic (exact) mass is 118 g/mol. The quantitative estimate of drug-likeness (QED) is 0.476. The highest BCUT2D eigenvalue weighted by Gasteiger charge is 2.09. The van der Waals surface area contributed by atoms with Crippen LogP contribution in [0.3, 0.4) is 0 Å². The lowest BCUT2D eigenvalue weighted by Crippen LogP contribution is -2.21. The SMILES string of the molecule is CC(CO)C(O)C=O. The van der Waals surface area contributed by atoms with Crippen molar-refractivity contribution in [2.24, 2.45) is 5.92 Å². The molecule has 2 N–H and O–H groups in total. The van der Waals surface area contributed by atoms with Gasteiger partial charge in [-0.05, 0) is 0 Å². The summed E-state index contributed by atoms with van der Waals surface area (Å²) >= 11 is 0. The van der Waals surface area contributed by atoms with Gasteiger partial charge in [-0.3, -0.25) is 0 Å². The highest BCUT2D eigenvalue weighted by atomic mass is 16.3. The third kappa shape index (κ3) is 2.04. The molecule has 0 radical (unpaired) electrons. The van der Waals surface area contributed by atoms with Crippen LogP contribution in [0.15, 0.2) is 0 Å². The molecule has 0 heterocycles. The van der Waals surface area contributed by atoms with Crippen LogP contribution < -0.4 is 0 Å². The molecule has 0 saturated carbocycles. The molecule has 0 amide bonds. The fraction of sp³-hybridized carbons (Fsp3) is 0.800. The van der Waals surface area contributed by atoms with Gasteiger partial charge in [0, 0.05) is 12.5 Å². The van der Waals surface area contributed by atoms with Crippen LogP contribution in [-0.4, -0.2) is 29.2 Å². The van der Waals surface area contributed by atoms with Crippen LogP contribution in [0, 0.1) is 5.92 Å². The Morgan fingerprint density at radius 1 is 1.75 bits per heavy atom. The van der Waals surface area contributed by atoms with Gasteiger partial charge in [0.2, 0.25) is 0 Å². The molecule has 2 unspecified atom stereocenters. The molecule has 0 aliphatic heterocycles. The number of hydrogen-bond acceptors (Lipinski definition) is 3. The van der Waals surface area contributed by atoms with Crippen molar-refractivity contribution in [1.29, 1.82) is 0 Å². The third-order valence-electron chi connectivity index (χ3n) is 1.01. The molecule has 0 aliphatic rings. The maximum absolute atomic E-state index is 9.74. The predicted octanol–water partition coefficient (Wildman–Crippen LogP) is -0.825. The summed E-state index contributed by atoms with van der Waals surface area (Å²) in [5, 5.41) is 16.9. The lowest BCUT2D eigenvalue weighted by molar-refractivity contribution is -0.117. The van der Waals surface area contributed by atoms with Gasteiger partial charge in [-0.15, -0.1) is 0 Å². The normalized spacial score (nSPS) is 17.4. The minimum atomic E-state index is -1.01. The molecular weight excluding hydrogens is 108 g/mol. The van der Waals surface area contributed by atoms with E-state index >= 15 is 0 Å². The van der Waals surface area contributed by atoms with Gasteiger partial charge in [0.25, 0.3) is 0 Å². The summed E-state index contributed by atoms with van der Waals surface area (Å²) in [4.78, 5) is 9.74. The van der Waals surface area contributed by atoms with E-state index in [1.807, 2.05) is 0 Å². The van der Waals surface area contributed by atoms with E-state index in [4.69, 9.17) is 10.2 Å². The summed E-state index contributed by atoms with van der Waals surface area (Å²) in [6.07, 6.45) is -0.596. The Balaban J connectivity index is 3.44. The molecule has 48 valence electrons. The smallest absolute Gasteiger partial charge is 0.148 e. The molecular formula is C5H10O3. The molecule has 0 spiro atoms. The van der Waals surface area contributed by atoms with E-state index in [1.165, 1.54) is 0 Å².